The first-order valence-corrected chi connectivity index (χ1v) is 5.75. The Morgan fingerprint density at radius 3 is 2.69 bits per heavy atom. The van der Waals surface area contributed by atoms with E-state index >= 15 is 0 Å². The fourth-order valence-electron chi connectivity index (χ4n) is 1.77. The van der Waals surface area contributed by atoms with Crippen LogP contribution in [0.1, 0.15) is 19.8 Å². The lowest BCUT2D eigenvalue weighted by atomic mass is 9.86. The fraction of sp³-hybridized carbons (Fsp3) is 1.00. The monoisotopic (exact) mass is 210 g/mol. The molecule has 0 aromatic rings. The molecule has 4 heteroatoms. The minimum Gasteiger partial charge on any atom is -0.396 e. The first kappa shape index (κ1) is 11.2. The second-order valence-electron chi connectivity index (χ2n) is 3.84. The van der Waals surface area contributed by atoms with E-state index in [0.717, 1.165) is 24.9 Å². The number of hydrogen-bond donors (Lipinski definition) is 1. The summed E-state index contributed by atoms with van der Waals surface area (Å²) < 4.78 is 25.5. The third-order valence-electron chi connectivity index (χ3n) is 2.49. The van der Waals surface area contributed by atoms with Crippen molar-refractivity contribution >= 4 is 11.8 Å². The molecule has 1 heterocycles. The van der Waals surface area contributed by atoms with Crippen molar-refractivity contribution in [2.45, 2.75) is 25.7 Å². The van der Waals surface area contributed by atoms with Gasteiger partial charge in [-0.05, 0) is 36.7 Å². The molecule has 1 saturated heterocycles. The van der Waals surface area contributed by atoms with Crippen molar-refractivity contribution in [1.82, 2.24) is 0 Å². The van der Waals surface area contributed by atoms with Gasteiger partial charge in [-0.15, -0.1) is 0 Å². The van der Waals surface area contributed by atoms with Crippen molar-refractivity contribution in [2.24, 2.45) is 11.8 Å². The number of alkyl halides is 2. The zero-order valence-corrected chi connectivity index (χ0v) is 8.62. The Morgan fingerprint density at radius 2 is 2.15 bits per heavy atom. The van der Waals surface area contributed by atoms with Gasteiger partial charge in [-0.1, -0.05) is 0 Å². The van der Waals surface area contributed by atoms with Gasteiger partial charge in [0.1, 0.15) is 0 Å². The Morgan fingerprint density at radius 1 is 1.46 bits per heavy atom. The number of aliphatic hydroxyl groups excluding tert-OH is 1. The quantitative estimate of drug-likeness (QED) is 0.772. The van der Waals surface area contributed by atoms with Gasteiger partial charge >= 0.3 is 0 Å². The van der Waals surface area contributed by atoms with E-state index < -0.39 is 5.92 Å². The van der Waals surface area contributed by atoms with Crippen LogP contribution in [0.4, 0.5) is 8.78 Å². The van der Waals surface area contributed by atoms with E-state index in [1.165, 1.54) is 0 Å². The Hall–Kier alpha value is 0.170. The lowest BCUT2D eigenvalue weighted by molar-refractivity contribution is -0.0161. The summed E-state index contributed by atoms with van der Waals surface area (Å²) in [6.45, 7) is 1.01. The maximum absolute atomic E-state index is 12.7. The van der Waals surface area contributed by atoms with Crippen LogP contribution in [0, 0.1) is 11.8 Å². The molecule has 1 aliphatic rings. The van der Waals surface area contributed by atoms with Gasteiger partial charge in [0.2, 0.25) is 5.92 Å². The van der Waals surface area contributed by atoms with Gasteiger partial charge in [0.25, 0.3) is 0 Å². The topological polar surface area (TPSA) is 20.2 Å². The standard InChI is InChI=1S/C9H16F2OS/c1-9(10,11)4-7-2-3-13-6-8(7)5-12/h7-8,12H,2-6H2,1H3. The molecule has 0 radical (unpaired) electrons. The summed E-state index contributed by atoms with van der Waals surface area (Å²) in [7, 11) is 0. The van der Waals surface area contributed by atoms with E-state index in [0.29, 0.717) is 0 Å². The van der Waals surface area contributed by atoms with E-state index in [9.17, 15) is 8.78 Å². The molecule has 0 spiro atoms. The molecule has 1 aliphatic heterocycles. The molecule has 0 amide bonds. The second kappa shape index (κ2) is 4.60. The van der Waals surface area contributed by atoms with Crippen LogP contribution >= 0.6 is 11.8 Å². The van der Waals surface area contributed by atoms with Gasteiger partial charge in [-0.3, -0.25) is 0 Å². The molecule has 0 bridgehead atoms. The third kappa shape index (κ3) is 3.81. The summed E-state index contributed by atoms with van der Waals surface area (Å²) in [5.74, 6) is -0.718. The maximum atomic E-state index is 12.7. The Kier molecular flexibility index (Phi) is 3.98. The average Bonchev–Trinajstić information content (AvgIpc) is 2.02. The number of thioether (sulfide) groups is 1. The zero-order valence-electron chi connectivity index (χ0n) is 7.80. The van der Waals surface area contributed by atoms with Gasteiger partial charge in [-0.2, -0.15) is 11.8 Å². The molecule has 1 fully saturated rings. The van der Waals surface area contributed by atoms with E-state index in [-0.39, 0.29) is 24.9 Å². The summed E-state index contributed by atoms with van der Waals surface area (Å²) in [4.78, 5) is 0. The number of rotatable bonds is 3. The minimum atomic E-state index is -2.58. The van der Waals surface area contributed by atoms with Gasteiger partial charge in [0, 0.05) is 13.0 Å². The average molecular weight is 210 g/mol. The summed E-state index contributed by atoms with van der Waals surface area (Å²) >= 11 is 1.75. The smallest absolute Gasteiger partial charge is 0.245 e. The van der Waals surface area contributed by atoms with Gasteiger partial charge < -0.3 is 5.11 Å². The molecule has 0 aromatic carbocycles. The largest absolute Gasteiger partial charge is 0.396 e. The van der Waals surface area contributed by atoms with Crippen LogP contribution in [-0.4, -0.2) is 29.1 Å². The van der Waals surface area contributed by atoms with Crippen LogP contribution in [-0.2, 0) is 0 Å². The Bertz CT molecular complexity index is 158. The minimum absolute atomic E-state index is 0.00579. The summed E-state index contributed by atoms with van der Waals surface area (Å²) in [6.07, 6.45) is 0.748. The lowest BCUT2D eigenvalue weighted by Crippen LogP contribution is -2.30. The molecular weight excluding hydrogens is 194 g/mol. The van der Waals surface area contributed by atoms with E-state index in [1.54, 1.807) is 11.8 Å². The second-order valence-corrected chi connectivity index (χ2v) is 4.99. The van der Waals surface area contributed by atoms with Crippen molar-refractivity contribution < 1.29 is 13.9 Å². The third-order valence-corrected chi connectivity index (χ3v) is 3.67. The molecule has 0 aromatic heterocycles. The number of hydrogen-bond acceptors (Lipinski definition) is 2. The highest BCUT2D eigenvalue weighted by Gasteiger charge is 2.33. The van der Waals surface area contributed by atoms with Crippen molar-refractivity contribution in [3.8, 4) is 0 Å². The molecule has 1 nitrogen and oxygen atoms in total. The predicted molar refractivity (Wildman–Crippen MR) is 51.2 cm³/mol. The van der Waals surface area contributed by atoms with Crippen molar-refractivity contribution in [1.29, 1.82) is 0 Å². The van der Waals surface area contributed by atoms with Gasteiger partial charge in [0.05, 0.1) is 0 Å². The highest BCUT2D eigenvalue weighted by Crippen LogP contribution is 2.35. The van der Waals surface area contributed by atoms with Crippen LogP contribution in [0.15, 0.2) is 0 Å². The molecular formula is C9H16F2OS. The highest BCUT2D eigenvalue weighted by molar-refractivity contribution is 7.99. The van der Waals surface area contributed by atoms with Gasteiger partial charge in [-0.25, -0.2) is 8.78 Å². The van der Waals surface area contributed by atoms with Crippen LogP contribution in [0.2, 0.25) is 0 Å². The molecule has 1 N–H and O–H groups in total. The predicted octanol–water partition coefficient (Wildman–Crippen LogP) is 2.39. The van der Waals surface area contributed by atoms with Crippen LogP contribution in [0.5, 0.6) is 0 Å². The number of aliphatic hydroxyl groups is 1. The molecule has 1 rings (SSSR count). The molecule has 2 unspecified atom stereocenters. The molecule has 0 saturated carbocycles. The fourth-order valence-corrected chi connectivity index (χ4v) is 3.09. The summed E-state index contributed by atoms with van der Waals surface area (Å²) in [6, 6.07) is 0. The Balaban J connectivity index is 2.45. The maximum Gasteiger partial charge on any atom is 0.245 e. The van der Waals surface area contributed by atoms with Crippen molar-refractivity contribution in [3.63, 3.8) is 0 Å². The summed E-state index contributed by atoms with van der Waals surface area (Å²) in [5.41, 5.74) is 0. The van der Waals surface area contributed by atoms with E-state index in [4.69, 9.17) is 5.11 Å². The van der Waals surface area contributed by atoms with Crippen LogP contribution in [0.3, 0.4) is 0 Å². The number of halogens is 2. The SMILES string of the molecule is CC(F)(F)CC1CCSCC1CO. The lowest BCUT2D eigenvalue weighted by Gasteiger charge is -2.31. The van der Waals surface area contributed by atoms with E-state index in [2.05, 4.69) is 0 Å². The highest BCUT2D eigenvalue weighted by atomic mass is 32.2. The molecule has 2 atom stereocenters. The van der Waals surface area contributed by atoms with E-state index in [1.807, 2.05) is 0 Å². The Labute approximate surface area is 81.9 Å². The van der Waals surface area contributed by atoms with Gasteiger partial charge in [0.15, 0.2) is 0 Å². The summed E-state index contributed by atoms with van der Waals surface area (Å²) in [5, 5.41) is 9.00. The first-order valence-electron chi connectivity index (χ1n) is 4.59. The molecule has 78 valence electrons. The molecule has 0 aliphatic carbocycles. The normalized spacial score (nSPS) is 30.5. The van der Waals surface area contributed by atoms with Crippen molar-refractivity contribution in [3.05, 3.63) is 0 Å². The molecule has 13 heavy (non-hydrogen) atoms. The first-order chi connectivity index (χ1) is 6.03. The van der Waals surface area contributed by atoms with Crippen molar-refractivity contribution in [2.75, 3.05) is 18.1 Å². The zero-order chi connectivity index (χ0) is 9.90. The van der Waals surface area contributed by atoms with Crippen LogP contribution in [0.25, 0.3) is 0 Å². The van der Waals surface area contributed by atoms with Crippen LogP contribution < -0.4 is 0 Å².